The standard InChI is InChI=1S/C19H22N2O5S/c1-13-11-14(6-8-16(13)21-10-4-5-19(21)22)20-27(23,24)18-9-7-15(25-2)12-17(18)26-3/h6-9,11-12,20H,4-5,10H2,1-3H3. The quantitative estimate of drug-likeness (QED) is 0.820. The summed E-state index contributed by atoms with van der Waals surface area (Å²) in [6, 6.07) is 9.65. The predicted molar refractivity (Wildman–Crippen MR) is 103 cm³/mol. The molecule has 0 radical (unpaired) electrons. The average Bonchev–Trinajstić information content (AvgIpc) is 3.06. The molecule has 0 spiro atoms. The van der Waals surface area contributed by atoms with Gasteiger partial charge in [-0.2, -0.15) is 0 Å². The van der Waals surface area contributed by atoms with Crippen LogP contribution in [-0.4, -0.2) is 35.1 Å². The smallest absolute Gasteiger partial charge is 0.265 e. The number of nitrogens with one attached hydrogen (secondary N) is 1. The first kappa shape index (κ1) is 19.0. The molecule has 2 aromatic rings. The molecular formula is C19H22N2O5S. The van der Waals surface area contributed by atoms with Gasteiger partial charge in [-0.25, -0.2) is 8.42 Å². The summed E-state index contributed by atoms with van der Waals surface area (Å²) in [6.45, 7) is 2.54. The van der Waals surface area contributed by atoms with Gasteiger partial charge in [-0.3, -0.25) is 9.52 Å². The Morgan fingerprint density at radius 1 is 1.07 bits per heavy atom. The number of nitrogens with zero attached hydrogens (tertiary/aromatic N) is 1. The van der Waals surface area contributed by atoms with Crippen LogP contribution in [0.1, 0.15) is 18.4 Å². The third-order valence-corrected chi connectivity index (χ3v) is 5.89. The van der Waals surface area contributed by atoms with Gasteiger partial charge in [-0.15, -0.1) is 0 Å². The number of methoxy groups -OCH3 is 2. The highest BCUT2D eigenvalue weighted by atomic mass is 32.2. The molecule has 1 aliphatic heterocycles. The lowest BCUT2D eigenvalue weighted by Gasteiger charge is -2.19. The predicted octanol–water partition coefficient (Wildman–Crippen LogP) is 2.94. The van der Waals surface area contributed by atoms with Crippen molar-refractivity contribution in [3.8, 4) is 11.5 Å². The molecule has 3 rings (SSSR count). The molecule has 1 saturated heterocycles. The highest BCUT2D eigenvalue weighted by molar-refractivity contribution is 7.92. The molecule has 8 heteroatoms. The van der Waals surface area contributed by atoms with Crippen molar-refractivity contribution < 1.29 is 22.7 Å². The Balaban J connectivity index is 1.88. The third kappa shape index (κ3) is 3.85. The fraction of sp³-hybridized carbons (Fsp3) is 0.316. The highest BCUT2D eigenvalue weighted by Gasteiger charge is 2.24. The minimum atomic E-state index is -3.85. The summed E-state index contributed by atoms with van der Waals surface area (Å²) in [6.07, 6.45) is 1.38. The second-order valence-electron chi connectivity index (χ2n) is 6.27. The Bertz CT molecular complexity index is 972. The van der Waals surface area contributed by atoms with Crippen molar-refractivity contribution in [1.29, 1.82) is 0 Å². The minimum Gasteiger partial charge on any atom is -0.497 e. The first-order valence-electron chi connectivity index (χ1n) is 8.51. The molecule has 0 atom stereocenters. The Labute approximate surface area is 158 Å². The number of anilines is 2. The molecule has 144 valence electrons. The van der Waals surface area contributed by atoms with Crippen LogP contribution in [0.25, 0.3) is 0 Å². The minimum absolute atomic E-state index is 0.0160. The number of aryl methyl sites for hydroxylation is 1. The summed E-state index contributed by atoms with van der Waals surface area (Å²) in [7, 11) is -0.952. The van der Waals surface area contributed by atoms with Gasteiger partial charge in [0.2, 0.25) is 5.91 Å². The monoisotopic (exact) mass is 390 g/mol. The number of hydrogen-bond donors (Lipinski definition) is 1. The van der Waals surface area contributed by atoms with Gasteiger partial charge in [0.25, 0.3) is 10.0 Å². The summed E-state index contributed by atoms with van der Waals surface area (Å²) in [5.74, 6) is 0.786. The van der Waals surface area contributed by atoms with Crippen LogP contribution in [-0.2, 0) is 14.8 Å². The van der Waals surface area contributed by atoms with Crippen molar-refractivity contribution in [3.05, 3.63) is 42.0 Å². The lowest BCUT2D eigenvalue weighted by Crippen LogP contribution is -2.24. The van der Waals surface area contributed by atoms with Gasteiger partial charge in [0.05, 0.1) is 14.2 Å². The maximum Gasteiger partial charge on any atom is 0.265 e. The number of carbonyl (C=O) groups excluding carboxylic acids is 1. The van der Waals surface area contributed by atoms with E-state index < -0.39 is 10.0 Å². The Hall–Kier alpha value is -2.74. The normalized spacial score (nSPS) is 14.3. The highest BCUT2D eigenvalue weighted by Crippen LogP contribution is 2.31. The fourth-order valence-electron chi connectivity index (χ4n) is 3.13. The van der Waals surface area contributed by atoms with Crippen molar-refractivity contribution in [1.82, 2.24) is 0 Å². The van der Waals surface area contributed by atoms with Gasteiger partial charge in [-0.1, -0.05) is 0 Å². The Morgan fingerprint density at radius 3 is 2.44 bits per heavy atom. The van der Waals surface area contributed by atoms with Crippen LogP contribution in [0, 0.1) is 6.92 Å². The number of carbonyl (C=O) groups is 1. The summed E-state index contributed by atoms with van der Waals surface area (Å²) >= 11 is 0. The molecule has 0 bridgehead atoms. The van der Waals surface area contributed by atoms with Crippen LogP contribution in [0.5, 0.6) is 11.5 Å². The average molecular weight is 390 g/mol. The van der Waals surface area contributed by atoms with Crippen LogP contribution >= 0.6 is 0 Å². The zero-order chi connectivity index (χ0) is 19.6. The van der Waals surface area contributed by atoms with Crippen molar-refractivity contribution in [2.75, 3.05) is 30.4 Å². The van der Waals surface area contributed by atoms with Gasteiger partial charge in [-0.05, 0) is 49.2 Å². The molecule has 0 aliphatic carbocycles. The van der Waals surface area contributed by atoms with Crippen molar-refractivity contribution in [2.45, 2.75) is 24.7 Å². The van der Waals surface area contributed by atoms with Gasteiger partial charge >= 0.3 is 0 Å². The second-order valence-corrected chi connectivity index (χ2v) is 7.92. The molecule has 0 unspecified atom stereocenters. The number of rotatable bonds is 6. The first-order valence-corrected chi connectivity index (χ1v) is 10.00. The van der Waals surface area contributed by atoms with Gasteiger partial charge in [0.15, 0.2) is 0 Å². The summed E-state index contributed by atoms with van der Waals surface area (Å²) in [4.78, 5) is 13.7. The van der Waals surface area contributed by atoms with E-state index in [1.807, 2.05) is 6.92 Å². The molecule has 1 heterocycles. The van der Waals surface area contributed by atoms with E-state index >= 15 is 0 Å². The van der Waals surface area contributed by atoms with E-state index in [0.29, 0.717) is 24.4 Å². The largest absolute Gasteiger partial charge is 0.497 e. The Morgan fingerprint density at radius 2 is 1.85 bits per heavy atom. The van der Waals surface area contributed by atoms with Gasteiger partial charge < -0.3 is 14.4 Å². The van der Waals surface area contributed by atoms with Crippen LogP contribution in [0.2, 0.25) is 0 Å². The van der Waals surface area contributed by atoms with E-state index in [1.165, 1.54) is 26.4 Å². The number of benzene rings is 2. The van der Waals surface area contributed by atoms with E-state index in [1.54, 1.807) is 29.2 Å². The molecule has 2 aromatic carbocycles. The summed E-state index contributed by atoms with van der Waals surface area (Å²) < 4.78 is 38.4. The molecule has 7 nitrogen and oxygen atoms in total. The molecule has 1 N–H and O–H groups in total. The first-order chi connectivity index (χ1) is 12.9. The van der Waals surface area contributed by atoms with Crippen LogP contribution in [0.4, 0.5) is 11.4 Å². The summed E-state index contributed by atoms with van der Waals surface area (Å²) in [5, 5.41) is 0. The Kier molecular flexibility index (Phi) is 5.27. The zero-order valence-corrected chi connectivity index (χ0v) is 16.3. The molecule has 1 aliphatic rings. The number of ether oxygens (including phenoxy) is 2. The lowest BCUT2D eigenvalue weighted by atomic mass is 10.1. The van der Waals surface area contributed by atoms with E-state index in [0.717, 1.165) is 17.7 Å². The maximum atomic E-state index is 12.8. The van der Waals surface area contributed by atoms with E-state index in [4.69, 9.17) is 9.47 Å². The number of amides is 1. The van der Waals surface area contributed by atoms with Gasteiger partial charge in [0.1, 0.15) is 16.4 Å². The number of hydrogen-bond acceptors (Lipinski definition) is 5. The molecule has 1 amide bonds. The molecule has 1 fully saturated rings. The maximum absolute atomic E-state index is 12.8. The lowest BCUT2D eigenvalue weighted by molar-refractivity contribution is -0.117. The van der Waals surface area contributed by atoms with E-state index in [9.17, 15) is 13.2 Å². The number of sulfonamides is 1. The third-order valence-electron chi connectivity index (χ3n) is 4.47. The summed E-state index contributed by atoms with van der Waals surface area (Å²) in [5.41, 5.74) is 2.05. The van der Waals surface area contributed by atoms with Crippen molar-refractivity contribution in [3.63, 3.8) is 0 Å². The molecule has 0 saturated carbocycles. The fourth-order valence-corrected chi connectivity index (χ4v) is 4.33. The van der Waals surface area contributed by atoms with E-state index in [2.05, 4.69) is 4.72 Å². The zero-order valence-electron chi connectivity index (χ0n) is 15.5. The van der Waals surface area contributed by atoms with Crippen molar-refractivity contribution in [2.24, 2.45) is 0 Å². The second kappa shape index (κ2) is 7.48. The molecule has 27 heavy (non-hydrogen) atoms. The topological polar surface area (TPSA) is 84.9 Å². The van der Waals surface area contributed by atoms with Crippen LogP contribution in [0.15, 0.2) is 41.3 Å². The van der Waals surface area contributed by atoms with E-state index in [-0.39, 0.29) is 16.6 Å². The molecular weight excluding hydrogens is 368 g/mol. The van der Waals surface area contributed by atoms with Crippen molar-refractivity contribution >= 4 is 27.3 Å². The SMILES string of the molecule is COc1ccc(S(=O)(=O)Nc2ccc(N3CCCC3=O)c(C)c2)c(OC)c1. The van der Waals surface area contributed by atoms with Crippen LogP contribution in [0.3, 0.4) is 0 Å². The van der Waals surface area contributed by atoms with Gasteiger partial charge in [0, 0.05) is 30.4 Å². The molecule has 0 aromatic heterocycles. The van der Waals surface area contributed by atoms with Crippen LogP contribution < -0.4 is 19.1 Å².